The van der Waals surface area contributed by atoms with Crippen LogP contribution in [-0.2, 0) is 43.8 Å². The number of amides is 2. The zero-order chi connectivity index (χ0) is 43.0. The van der Waals surface area contributed by atoms with Crippen molar-refractivity contribution in [2.24, 2.45) is 0 Å². The summed E-state index contributed by atoms with van der Waals surface area (Å²) in [6, 6.07) is 1.75. The number of nitrogens with zero attached hydrogens (tertiary/aromatic N) is 6. The second kappa shape index (κ2) is 46.3. The van der Waals surface area contributed by atoms with Crippen LogP contribution in [0.5, 0.6) is 0 Å². The zero-order valence-corrected chi connectivity index (χ0v) is 34.8. The Balaban J connectivity index is -0.0000000589. The average Bonchev–Trinajstić information content (AvgIpc) is 3.00. The molecular weight excluding hydrogens is 748 g/mol. The predicted octanol–water partition coefficient (Wildman–Crippen LogP) is 3.25. The molecule has 0 spiro atoms. The molecule has 320 valence electrons. The molecule has 0 N–H and O–H groups in total. The molecule has 52 heavy (non-hydrogen) atoms. The van der Waals surface area contributed by atoms with E-state index in [1.165, 1.54) is 43.4 Å². The maximum Gasteiger partial charge on any atom is 0.386 e. The highest BCUT2D eigenvalue weighted by atomic mass is 32.2. The van der Waals surface area contributed by atoms with E-state index in [1.54, 1.807) is 46.2 Å². The zero-order valence-electron chi connectivity index (χ0n) is 33.2. The number of carbonyl (C=O) groups is 2. The average molecular weight is 817 g/mol. The van der Waals surface area contributed by atoms with Crippen molar-refractivity contribution in [1.82, 2.24) is 18.4 Å². The summed E-state index contributed by atoms with van der Waals surface area (Å²) in [5, 5.41) is 16.1. The molecule has 0 aliphatic carbocycles. The topological polar surface area (TPSA) is 210 Å². The summed E-state index contributed by atoms with van der Waals surface area (Å²) >= 11 is 0. The van der Waals surface area contributed by atoms with Crippen molar-refractivity contribution in [2.45, 2.75) is 55.1 Å². The lowest BCUT2D eigenvalue weighted by molar-refractivity contribution is -0.445. The van der Waals surface area contributed by atoms with E-state index < -0.39 is 31.1 Å². The molecule has 2 rings (SSSR count). The second-order valence-corrected chi connectivity index (χ2v) is 13.4. The van der Waals surface area contributed by atoms with Crippen LogP contribution in [0.1, 0.15) is 49.0 Å². The fourth-order valence-electron chi connectivity index (χ4n) is 1.76. The summed E-state index contributed by atoms with van der Waals surface area (Å²) in [6.07, 6.45) is -1.62. The SMILES string of the molecule is C.CC.CC#N.CC(=O)N(C)C.CC(=O)N1CCOCC1.CC(F)(F)F.CF.CN(C)S(C)(=O)=O.COC.CS(=O)(=O)N1CCOCC1.C[N+](=O)[O-]. The van der Waals surface area contributed by atoms with Gasteiger partial charge < -0.3 is 24.0 Å². The van der Waals surface area contributed by atoms with Gasteiger partial charge in [-0.05, 0) is 0 Å². The van der Waals surface area contributed by atoms with Gasteiger partial charge in [0.05, 0.1) is 52.2 Å². The van der Waals surface area contributed by atoms with Gasteiger partial charge in [0.15, 0.2) is 7.05 Å². The minimum absolute atomic E-state index is 0. The van der Waals surface area contributed by atoms with Crippen LogP contribution in [0, 0.1) is 21.4 Å². The van der Waals surface area contributed by atoms with Crippen LogP contribution in [0.25, 0.3) is 0 Å². The highest BCUT2D eigenvalue weighted by Gasteiger charge is 2.18. The Morgan fingerprint density at radius 1 is 0.885 bits per heavy atom. The summed E-state index contributed by atoms with van der Waals surface area (Å²) in [4.78, 5) is 32.4. The summed E-state index contributed by atoms with van der Waals surface area (Å²) in [5.74, 6) is 0.244. The Labute approximate surface area is 311 Å². The second-order valence-electron chi connectivity index (χ2n) is 9.20. The van der Waals surface area contributed by atoms with Crippen molar-refractivity contribution in [1.29, 1.82) is 5.26 Å². The molecule has 0 unspecified atom stereocenters. The first kappa shape index (κ1) is 70.8. The lowest BCUT2D eigenvalue weighted by Gasteiger charge is -2.25. The Hall–Kier alpha value is -2.75. The molecule has 17 nitrogen and oxygen atoms in total. The van der Waals surface area contributed by atoms with Crippen molar-refractivity contribution in [3.63, 3.8) is 0 Å². The molecule has 23 heteroatoms. The number of ether oxygens (including phenoxy) is 3. The molecule has 0 aromatic carbocycles. The number of carbonyl (C=O) groups excluding carboxylic acids is 2. The van der Waals surface area contributed by atoms with Crippen molar-refractivity contribution < 1.29 is 63.1 Å². The fourth-order valence-corrected chi connectivity index (χ4v) is 2.57. The highest BCUT2D eigenvalue weighted by Crippen LogP contribution is 2.10. The first-order chi connectivity index (χ1) is 23.1. The van der Waals surface area contributed by atoms with Gasteiger partial charge in [0.25, 0.3) is 0 Å². The van der Waals surface area contributed by atoms with E-state index >= 15 is 0 Å². The maximum absolute atomic E-state index is 10.9. The number of sulfonamides is 2. The van der Waals surface area contributed by atoms with Crippen LogP contribution in [-0.4, -0.2) is 180 Å². The number of methoxy groups -OCH3 is 1. The molecule has 0 atom stereocenters. The van der Waals surface area contributed by atoms with Gasteiger partial charge in [-0.15, -0.1) is 0 Å². The van der Waals surface area contributed by atoms with Gasteiger partial charge in [-0.3, -0.25) is 24.1 Å². The van der Waals surface area contributed by atoms with Crippen LogP contribution >= 0.6 is 0 Å². The summed E-state index contributed by atoms with van der Waals surface area (Å²) in [6.45, 7) is 13.7. The monoisotopic (exact) mass is 816 g/mol. The molecule has 0 aromatic heterocycles. The van der Waals surface area contributed by atoms with Crippen LogP contribution in [0.15, 0.2) is 0 Å². The van der Waals surface area contributed by atoms with E-state index in [4.69, 9.17) is 24.8 Å². The molecule has 0 radical (unpaired) electrons. The fraction of sp³-hybridized carbons (Fsp3) is 0.897. The minimum Gasteiger partial charge on any atom is -0.388 e. The number of hydrogen-bond acceptors (Lipinski definition) is 12. The smallest absolute Gasteiger partial charge is 0.386 e. The van der Waals surface area contributed by atoms with Crippen molar-refractivity contribution in [3.8, 4) is 6.07 Å². The highest BCUT2D eigenvalue weighted by molar-refractivity contribution is 7.88. The molecule has 2 aliphatic heterocycles. The molecule has 2 fully saturated rings. The summed E-state index contributed by atoms with van der Waals surface area (Å²) in [5.41, 5.74) is 0. The van der Waals surface area contributed by atoms with Gasteiger partial charge in [-0.1, -0.05) is 21.3 Å². The Morgan fingerprint density at radius 3 is 1.17 bits per heavy atom. The van der Waals surface area contributed by atoms with Crippen molar-refractivity contribution >= 4 is 31.9 Å². The van der Waals surface area contributed by atoms with Crippen LogP contribution < -0.4 is 0 Å². The van der Waals surface area contributed by atoms with Crippen molar-refractivity contribution in [2.75, 3.05) is 122 Å². The van der Waals surface area contributed by atoms with Gasteiger partial charge in [0, 0.05) is 101 Å². The number of nitro groups is 1. The Bertz CT molecular complexity index is 1040. The first-order valence-corrected chi connectivity index (χ1v) is 18.4. The number of rotatable bonds is 2. The third-order valence-corrected chi connectivity index (χ3v) is 6.82. The van der Waals surface area contributed by atoms with E-state index in [2.05, 4.69) is 4.74 Å². The predicted molar refractivity (Wildman–Crippen MR) is 197 cm³/mol. The molecule has 0 bridgehead atoms. The normalized spacial score (nSPS) is 12.8. The quantitative estimate of drug-likeness (QED) is 0.224. The summed E-state index contributed by atoms with van der Waals surface area (Å²) in [7, 11) is 5.20. The number of hydrogen-bond donors (Lipinski definition) is 0. The number of halogens is 4. The standard InChI is InChI=1S/C6H11NO2.C5H11NO3S.C4H9NO.C3H9NO2S.C2H3F3.C2H3N.C2H6O.C2H6.CH3F.CH3NO2.CH4/c1-6(8)7-2-4-9-5-3-7;1-10(7,8)6-2-4-9-5-3-6;1-4(6)5(2)3;1-4(2)7(3,5)6;1-2(3,4)5;1-2-3;1-3-2;2*1-2;1-2(3)4;/h2-5H2,1H3;2-5H2,1H3;1-3H3;1-3H3;1H3;1H3;1-2H3;1-2H3;1H3;1H3;1H4. The van der Waals surface area contributed by atoms with E-state index in [9.17, 15) is 44.0 Å². The maximum atomic E-state index is 10.9. The Morgan fingerprint density at radius 2 is 1.08 bits per heavy atom. The Kier molecular flexibility index (Phi) is 63.0. The minimum atomic E-state index is -4.00. The van der Waals surface area contributed by atoms with Crippen LogP contribution in [0.3, 0.4) is 0 Å². The third-order valence-electron chi connectivity index (χ3n) is 4.19. The van der Waals surface area contributed by atoms with Gasteiger partial charge in [0.1, 0.15) is 0 Å². The largest absolute Gasteiger partial charge is 0.388 e. The van der Waals surface area contributed by atoms with Crippen LogP contribution in [0.4, 0.5) is 17.6 Å². The van der Waals surface area contributed by atoms with Gasteiger partial charge in [-0.25, -0.2) is 21.1 Å². The lowest BCUT2D eigenvalue weighted by Crippen LogP contribution is -2.39. The molecule has 2 heterocycles. The molecule has 2 saturated heterocycles. The van der Waals surface area contributed by atoms with E-state index in [1.807, 2.05) is 13.8 Å². The molecular formula is C29H68F4N6O11S2. The molecule has 2 aliphatic rings. The van der Waals surface area contributed by atoms with Crippen LogP contribution in [0.2, 0.25) is 0 Å². The van der Waals surface area contributed by atoms with E-state index in [0.29, 0.717) is 46.7 Å². The number of alkyl halides is 4. The van der Waals surface area contributed by atoms with Crippen molar-refractivity contribution in [3.05, 3.63) is 10.1 Å². The molecule has 2 amide bonds. The van der Waals surface area contributed by atoms with E-state index in [0.717, 1.165) is 30.7 Å². The molecule has 0 aromatic rings. The summed E-state index contributed by atoms with van der Waals surface area (Å²) < 4.78 is 99.7. The number of morpholine rings is 2. The molecule has 0 saturated carbocycles. The van der Waals surface area contributed by atoms with E-state index in [-0.39, 0.29) is 26.2 Å². The van der Waals surface area contributed by atoms with Gasteiger partial charge in [0.2, 0.25) is 31.9 Å². The third kappa shape index (κ3) is 91.4. The van der Waals surface area contributed by atoms with Gasteiger partial charge >= 0.3 is 6.18 Å². The lowest BCUT2D eigenvalue weighted by atomic mass is 10.4. The van der Waals surface area contributed by atoms with Gasteiger partial charge in [-0.2, -0.15) is 22.7 Å². The number of nitriles is 1. The first-order valence-electron chi connectivity index (χ1n) is 14.7.